The van der Waals surface area contributed by atoms with E-state index in [1.54, 1.807) is 0 Å². The molecule has 146 valence electrons. The van der Waals surface area contributed by atoms with Gasteiger partial charge in [0, 0.05) is 25.2 Å². The van der Waals surface area contributed by atoms with Crippen molar-refractivity contribution in [1.29, 1.82) is 0 Å². The minimum atomic E-state index is -0.330. The fraction of sp³-hybridized carbons (Fsp3) is 0.391. The molecule has 1 aliphatic carbocycles. The monoisotopic (exact) mass is 380 g/mol. The summed E-state index contributed by atoms with van der Waals surface area (Å²) in [4.78, 5) is 24.1. The van der Waals surface area contributed by atoms with Crippen LogP contribution in [0.25, 0.3) is 11.1 Å². The maximum Gasteiger partial charge on any atom is 0.306 e. The molecule has 1 aliphatic heterocycles. The summed E-state index contributed by atoms with van der Waals surface area (Å²) in [7, 11) is 0. The van der Waals surface area contributed by atoms with Crippen LogP contribution in [-0.4, -0.2) is 37.9 Å². The number of benzene rings is 2. The zero-order valence-corrected chi connectivity index (χ0v) is 15.8. The molecule has 0 amide bonds. The fourth-order valence-electron chi connectivity index (χ4n) is 3.91. The number of fused-ring (bicyclic) bond motifs is 3. The van der Waals surface area contributed by atoms with Crippen molar-refractivity contribution in [3.63, 3.8) is 0 Å². The highest BCUT2D eigenvalue weighted by molar-refractivity contribution is 5.83. The third-order valence-corrected chi connectivity index (χ3v) is 5.33. The van der Waals surface area contributed by atoms with Crippen LogP contribution in [0.4, 0.5) is 0 Å². The number of hydrogen-bond donors (Lipinski definition) is 0. The molecule has 28 heavy (non-hydrogen) atoms. The molecule has 0 spiro atoms. The van der Waals surface area contributed by atoms with Crippen LogP contribution in [0.2, 0.25) is 0 Å². The van der Waals surface area contributed by atoms with Crippen molar-refractivity contribution in [2.24, 2.45) is 0 Å². The third kappa shape index (κ3) is 4.16. The summed E-state index contributed by atoms with van der Waals surface area (Å²) < 4.78 is 16.2. The molecule has 0 saturated carbocycles. The summed E-state index contributed by atoms with van der Waals surface area (Å²) in [5.41, 5.74) is 4.77. The highest BCUT2D eigenvalue weighted by atomic mass is 16.7. The van der Waals surface area contributed by atoms with Gasteiger partial charge in [-0.3, -0.25) is 9.59 Å². The predicted octanol–water partition coefficient (Wildman–Crippen LogP) is 3.84. The van der Waals surface area contributed by atoms with Gasteiger partial charge in [0.05, 0.1) is 19.6 Å². The SMILES string of the molecule is O=C(CCC(=O)OCC1c2ccccc2-c2ccccc21)CCC1OCCO1. The molecule has 0 radical (unpaired) electrons. The summed E-state index contributed by atoms with van der Waals surface area (Å²) in [6.45, 7) is 1.46. The fourth-order valence-corrected chi connectivity index (χ4v) is 3.91. The van der Waals surface area contributed by atoms with Crippen LogP contribution in [0.5, 0.6) is 0 Å². The van der Waals surface area contributed by atoms with Gasteiger partial charge in [-0.2, -0.15) is 0 Å². The van der Waals surface area contributed by atoms with Crippen molar-refractivity contribution in [2.45, 2.75) is 37.9 Å². The number of esters is 1. The summed E-state index contributed by atoms with van der Waals surface area (Å²) in [6.07, 6.45) is 0.938. The quantitative estimate of drug-likeness (QED) is 0.651. The van der Waals surface area contributed by atoms with E-state index in [4.69, 9.17) is 14.2 Å². The van der Waals surface area contributed by atoms with Crippen molar-refractivity contribution < 1.29 is 23.8 Å². The van der Waals surface area contributed by atoms with E-state index in [0.717, 1.165) is 0 Å². The Labute approximate surface area is 164 Å². The van der Waals surface area contributed by atoms with Crippen molar-refractivity contribution >= 4 is 11.8 Å². The number of Topliss-reactive ketones (excluding diaryl/α,β-unsaturated/α-hetero) is 1. The third-order valence-electron chi connectivity index (χ3n) is 5.33. The first-order valence-electron chi connectivity index (χ1n) is 9.81. The van der Waals surface area contributed by atoms with Gasteiger partial charge in [-0.15, -0.1) is 0 Å². The minimum Gasteiger partial charge on any atom is -0.465 e. The molecule has 4 rings (SSSR count). The lowest BCUT2D eigenvalue weighted by Gasteiger charge is -2.14. The Bertz CT molecular complexity index is 808. The van der Waals surface area contributed by atoms with Gasteiger partial charge in [0.15, 0.2) is 6.29 Å². The molecule has 2 aliphatic rings. The Hall–Kier alpha value is -2.50. The van der Waals surface area contributed by atoms with Crippen LogP contribution < -0.4 is 0 Å². The number of hydrogen-bond acceptors (Lipinski definition) is 5. The first kappa shape index (κ1) is 18.8. The van der Waals surface area contributed by atoms with E-state index in [1.165, 1.54) is 22.3 Å². The second-order valence-electron chi connectivity index (χ2n) is 7.16. The molecular formula is C23H24O5. The van der Waals surface area contributed by atoms with Gasteiger partial charge in [0.25, 0.3) is 0 Å². The first-order chi connectivity index (χ1) is 13.7. The molecule has 0 unspecified atom stereocenters. The molecule has 1 saturated heterocycles. The van der Waals surface area contributed by atoms with E-state index in [-0.39, 0.29) is 36.8 Å². The topological polar surface area (TPSA) is 61.8 Å². The second kappa shape index (κ2) is 8.67. The summed E-state index contributed by atoms with van der Waals surface area (Å²) >= 11 is 0. The van der Waals surface area contributed by atoms with Gasteiger partial charge < -0.3 is 14.2 Å². The van der Waals surface area contributed by atoms with E-state index < -0.39 is 0 Å². The minimum absolute atomic E-state index is 0.0348. The number of ether oxygens (including phenoxy) is 3. The lowest BCUT2D eigenvalue weighted by molar-refractivity contribution is -0.145. The van der Waals surface area contributed by atoms with Crippen LogP contribution in [0.1, 0.15) is 42.7 Å². The van der Waals surface area contributed by atoms with E-state index in [9.17, 15) is 9.59 Å². The molecule has 1 heterocycles. The summed E-state index contributed by atoms with van der Waals surface area (Å²) in [5, 5.41) is 0. The van der Waals surface area contributed by atoms with E-state index in [0.29, 0.717) is 32.7 Å². The average Bonchev–Trinajstić information content (AvgIpc) is 3.35. The van der Waals surface area contributed by atoms with E-state index in [1.807, 2.05) is 24.3 Å². The van der Waals surface area contributed by atoms with E-state index >= 15 is 0 Å². The first-order valence-corrected chi connectivity index (χ1v) is 9.81. The number of rotatable bonds is 8. The van der Waals surface area contributed by atoms with Crippen molar-refractivity contribution in [3.05, 3.63) is 59.7 Å². The van der Waals surface area contributed by atoms with Gasteiger partial charge in [-0.1, -0.05) is 48.5 Å². The van der Waals surface area contributed by atoms with Gasteiger partial charge in [-0.05, 0) is 22.3 Å². The normalized spacial score (nSPS) is 16.0. The van der Waals surface area contributed by atoms with Gasteiger partial charge in [-0.25, -0.2) is 0 Å². The second-order valence-corrected chi connectivity index (χ2v) is 7.16. The Morgan fingerprint density at radius 2 is 1.46 bits per heavy atom. The highest BCUT2D eigenvalue weighted by Gasteiger charge is 2.29. The Balaban J connectivity index is 1.27. The van der Waals surface area contributed by atoms with Gasteiger partial charge >= 0.3 is 5.97 Å². The Morgan fingerprint density at radius 3 is 2.11 bits per heavy atom. The van der Waals surface area contributed by atoms with Gasteiger partial charge in [0.2, 0.25) is 0 Å². The molecule has 5 heteroatoms. The lowest BCUT2D eigenvalue weighted by Crippen LogP contribution is -2.14. The molecule has 0 atom stereocenters. The number of carbonyl (C=O) groups excluding carboxylic acids is 2. The average molecular weight is 380 g/mol. The number of ketones is 1. The maximum atomic E-state index is 12.2. The molecule has 2 aromatic rings. The smallest absolute Gasteiger partial charge is 0.306 e. The van der Waals surface area contributed by atoms with Crippen molar-refractivity contribution in [1.82, 2.24) is 0 Å². The van der Waals surface area contributed by atoms with Gasteiger partial charge in [0.1, 0.15) is 12.4 Å². The summed E-state index contributed by atoms with van der Waals surface area (Å²) in [6, 6.07) is 16.5. The van der Waals surface area contributed by atoms with E-state index in [2.05, 4.69) is 24.3 Å². The molecular weight excluding hydrogens is 356 g/mol. The Morgan fingerprint density at radius 1 is 0.857 bits per heavy atom. The predicted molar refractivity (Wildman–Crippen MR) is 104 cm³/mol. The molecule has 5 nitrogen and oxygen atoms in total. The standard InChI is InChI=1S/C23H24O5/c24-16(10-12-23-26-13-14-27-23)9-11-22(25)28-15-21-19-7-3-1-5-17(19)18-6-2-4-8-20(18)21/h1-8,21,23H,9-15H2. The Kier molecular flexibility index (Phi) is 5.84. The highest BCUT2D eigenvalue weighted by Crippen LogP contribution is 2.44. The lowest BCUT2D eigenvalue weighted by atomic mass is 9.98. The summed E-state index contributed by atoms with van der Waals surface area (Å²) in [5.74, 6) is -0.250. The van der Waals surface area contributed by atoms with Crippen LogP contribution in [0, 0.1) is 0 Å². The van der Waals surface area contributed by atoms with Crippen LogP contribution >= 0.6 is 0 Å². The molecule has 0 N–H and O–H groups in total. The number of carbonyl (C=O) groups is 2. The maximum absolute atomic E-state index is 12.2. The molecule has 0 bridgehead atoms. The molecule has 0 aromatic heterocycles. The zero-order chi connectivity index (χ0) is 19.3. The largest absolute Gasteiger partial charge is 0.465 e. The van der Waals surface area contributed by atoms with Crippen molar-refractivity contribution in [3.8, 4) is 11.1 Å². The van der Waals surface area contributed by atoms with Crippen LogP contribution in [0.15, 0.2) is 48.5 Å². The zero-order valence-electron chi connectivity index (χ0n) is 15.8. The van der Waals surface area contributed by atoms with Crippen LogP contribution in [-0.2, 0) is 23.8 Å². The molecule has 1 fully saturated rings. The van der Waals surface area contributed by atoms with Crippen molar-refractivity contribution in [2.75, 3.05) is 19.8 Å². The molecule has 2 aromatic carbocycles. The van der Waals surface area contributed by atoms with Crippen LogP contribution in [0.3, 0.4) is 0 Å².